The van der Waals surface area contributed by atoms with Crippen LogP contribution < -0.4 is 0 Å². The number of pyridine rings is 3. The van der Waals surface area contributed by atoms with Crippen molar-refractivity contribution >= 4 is 0 Å². The molecule has 3 heterocycles. The minimum Gasteiger partial charge on any atom is -0.255 e. The van der Waals surface area contributed by atoms with Crippen LogP contribution in [-0.4, -0.2) is 15.0 Å². The quantitative estimate of drug-likeness (QED) is 0.718. The molecule has 0 saturated carbocycles. The van der Waals surface area contributed by atoms with Crippen molar-refractivity contribution in [3.63, 3.8) is 0 Å². The Labute approximate surface area is 135 Å². The molecule has 0 aromatic carbocycles. The van der Waals surface area contributed by atoms with Gasteiger partial charge in [0.1, 0.15) is 0 Å². The van der Waals surface area contributed by atoms with Crippen LogP contribution in [0, 0.1) is 0 Å². The lowest BCUT2D eigenvalue weighted by Crippen LogP contribution is -2.00. The summed E-state index contributed by atoms with van der Waals surface area (Å²) in [7, 11) is 0. The Morgan fingerprint density at radius 3 is 2.00 bits per heavy atom. The van der Waals surface area contributed by atoms with Crippen LogP contribution in [0.4, 0.5) is 0 Å². The largest absolute Gasteiger partial charge is 0.255 e. The summed E-state index contributed by atoms with van der Waals surface area (Å²) in [6, 6.07) is 15.9. The van der Waals surface area contributed by atoms with Gasteiger partial charge in [-0.25, -0.2) is 4.98 Å². The molecular formula is C20H15N3. The maximum absolute atomic E-state index is 4.86. The molecule has 110 valence electrons. The van der Waals surface area contributed by atoms with Gasteiger partial charge in [0.2, 0.25) is 0 Å². The molecule has 0 amide bonds. The van der Waals surface area contributed by atoms with Gasteiger partial charge < -0.3 is 0 Å². The van der Waals surface area contributed by atoms with Gasteiger partial charge in [0.15, 0.2) is 0 Å². The Bertz CT molecular complexity index is 856. The summed E-state index contributed by atoms with van der Waals surface area (Å²) in [4.78, 5) is 13.7. The average Bonchev–Trinajstić information content (AvgIpc) is 3.17. The van der Waals surface area contributed by atoms with E-state index in [9.17, 15) is 0 Å². The average molecular weight is 297 g/mol. The summed E-state index contributed by atoms with van der Waals surface area (Å²) in [5.74, 6) is 0.247. The summed E-state index contributed by atoms with van der Waals surface area (Å²) in [5.41, 5.74) is 4.69. The van der Waals surface area contributed by atoms with E-state index in [0.717, 1.165) is 28.3 Å². The lowest BCUT2D eigenvalue weighted by Gasteiger charge is -2.13. The minimum absolute atomic E-state index is 0.247. The molecule has 0 saturated heterocycles. The molecule has 4 rings (SSSR count). The van der Waals surface area contributed by atoms with Gasteiger partial charge in [0, 0.05) is 18.3 Å². The monoisotopic (exact) mass is 297 g/mol. The number of rotatable bonds is 3. The van der Waals surface area contributed by atoms with Crippen molar-refractivity contribution in [2.24, 2.45) is 0 Å². The third-order valence-electron chi connectivity index (χ3n) is 3.87. The Balaban J connectivity index is 1.88. The predicted octanol–water partition coefficient (Wildman–Crippen LogP) is 4.42. The van der Waals surface area contributed by atoms with Crippen LogP contribution in [0.15, 0.2) is 85.2 Å². The van der Waals surface area contributed by atoms with Crippen LogP contribution >= 0.6 is 0 Å². The van der Waals surface area contributed by atoms with Gasteiger partial charge >= 0.3 is 0 Å². The molecule has 23 heavy (non-hydrogen) atoms. The van der Waals surface area contributed by atoms with Crippen LogP contribution in [0.1, 0.15) is 11.5 Å². The molecule has 0 atom stereocenters. The van der Waals surface area contributed by atoms with E-state index < -0.39 is 0 Å². The van der Waals surface area contributed by atoms with E-state index in [0.29, 0.717) is 0 Å². The fraction of sp³-hybridized carbons (Fsp3) is 0.0500. The second-order valence-corrected chi connectivity index (χ2v) is 5.36. The molecule has 0 aliphatic heterocycles. The lowest BCUT2D eigenvalue weighted by atomic mass is 9.96. The molecule has 0 N–H and O–H groups in total. The van der Waals surface area contributed by atoms with Crippen LogP contribution in [0.3, 0.4) is 0 Å². The van der Waals surface area contributed by atoms with Crippen molar-refractivity contribution in [2.75, 3.05) is 0 Å². The Morgan fingerprint density at radius 1 is 0.652 bits per heavy atom. The van der Waals surface area contributed by atoms with E-state index in [4.69, 9.17) is 4.98 Å². The zero-order valence-corrected chi connectivity index (χ0v) is 12.5. The molecule has 3 aromatic heterocycles. The molecule has 1 aliphatic rings. The Hall–Kier alpha value is -3.07. The highest BCUT2D eigenvalue weighted by Gasteiger charge is 2.17. The smallest absolute Gasteiger partial charge is 0.0935 e. The maximum Gasteiger partial charge on any atom is 0.0935 e. The van der Waals surface area contributed by atoms with Crippen molar-refractivity contribution in [3.8, 4) is 22.8 Å². The van der Waals surface area contributed by atoms with E-state index in [-0.39, 0.29) is 5.92 Å². The summed E-state index contributed by atoms with van der Waals surface area (Å²) in [6.07, 6.45) is 12.1. The van der Waals surface area contributed by atoms with Crippen LogP contribution in [-0.2, 0) is 0 Å². The Kier molecular flexibility index (Phi) is 3.53. The lowest BCUT2D eigenvalue weighted by molar-refractivity contribution is 1.07. The normalized spacial score (nSPS) is 13.6. The van der Waals surface area contributed by atoms with Gasteiger partial charge in [-0.1, -0.05) is 42.5 Å². The minimum atomic E-state index is 0.247. The third kappa shape index (κ3) is 2.69. The summed E-state index contributed by atoms with van der Waals surface area (Å²) >= 11 is 0. The molecule has 3 heteroatoms. The number of nitrogens with zero attached hydrogens (tertiary/aromatic N) is 3. The molecule has 3 nitrogen and oxygen atoms in total. The first-order chi connectivity index (χ1) is 11.4. The molecule has 0 radical (unpaired) electrons. The number of hydrogen-bond donors (Lipinski definition) is 0. The summed E-state index contributed by atoms with van der Waals surface area (Å²) in [6.45, 7) is 0. The van der Waals surface area contributed by atoms with E-state index in [1.165, 1.54) is 0 Å². The van der Waals surface area contributed by atoms with Crippen molar-refractivity contribution in [3.05, 3.63) is 90.8 Å². The SMILES string of the molecule is C1=CC(c2ccc(-c3ccccn3)nc2-c2ccccn2)C=C1. The van der Waals surface area contributed by atoms with Gasteiger partial charge in [-0.2, -0.15) is 0 Å². The van der Waals surface area contributed by atoms with Gasteiger partial charge in [-0.3, -0.25) is 9.97 Å². The predicted molar refractivity (Wildman–Crippen MR) is 91.7 cm³/mol. The molecule has 0 fully saturated rings. The second-order valence-electron chi connectivity index (χ2n) is 5.36. The second kappa shape index (κ2) is 5.97. The fourth-order valence-corrected chi connectivity index (χ4v) is 2.74. The standard InChI is InChI=1S/C20H15N3/c1-2-8-15(7-1)16-11-12-18(17-9-3-5-13-21-17)23-20(16)19-10-4-6-14-22-19/h1-15H. The van der Waals surface area contributed by atoms with Crippen LogP contribution in [0.2, 0.25) is 0 Å². The first kappa shape index (κ1) is 13.6. The Morgan fingerprint density at radius 2 is 1.35 bits per heavy atom. The van der Waals surface area contributed by atoms with Crippen LogP contribution in [0.25, 0.3) is 22.8 Å². The zero-order chi connectivity index (χ0) is 15.5. The van der Waals surface area contributed by atoms with E-state index >= 15 is 0 Å². The number of allylic oxidation sites excluding steroid dienone is 4. The highest BCUT2D eigenvalue weighted by Crippen LogP contribution is 2.32. The van der Waals surface area contributed by atoms with E-state index in [1.807, 2.05) is 42.5 Å². The van der Waals surface area contributed by atoms with Crippen molar-refractivity contribution in [1.29, 1.82) is 0 Å². The highest BCUT2D eigenvalue weighted by atomic mass is 14.8. The van der Waals surface area contributed by atoms with Crippen molar-refractivity contribution in [1.82, 2.24) is 15.0 Å². The molecule has 3 aromatic rings. The summed E-state index contributed by atoms with van der Waals surface area (Å²) < 4.78 is 0. The van der Waals surface area contributed by atoms with Crippen molar-refractivity contribution < 1.29 is 0 Å². The first-order valence-electron chi connectivity index (χ1n) is 7.60. The van der Waals surface area contributed by atoms with E-state index in [2.05, 4.69) is 40.3 Å². The van der Waals surface area contributed by atoms with Gasteiger partial charge in [-0.15, -0.1) is 0 Å². The van der Waals surface area contributed by atoms with Crippen LogP contribution in [0.5, 0.6) is 0 Å². The van der Waals surface area contributed by atoms with Crippen molar-refractivity contribution in [2.45, 2.75) is 5.92 Å². The molecule has 0 unspecified atom stereocenters. The van der Waals surface area contributed by atoms with Gasteiger partial charge in [-0.05, 0) is 35.9 Å². The van der Waals surface area contributed by atoms with Gasteiger partial charge in [0.05, 0.1) is 22.8 Å². The molecule has 0 spiro atoms. The molecular weight excluding hydrogens is 282 g/mol. The van der Waals surface area contributed by atoms with Gasteiger partial charge in [0.25, 0.3) is 0 Å². The third-order valence-corrected chi connectivity index (χ3v) is 3.87. The topological polar surface area (TPSA) is 38.7 Å². The van der Waals surface area contributed by atoms with E-state index in [1.54, 1.807) is 12.4 Å². The molecule has 0 bridgehead atoms. The first-order valence-corrected chi connectivity index (χ1v) is 7.60. The summed E-state index contributed by atoms with van der Waals surface area (Å²) in [5, 5.41) is 0. The molecule has 1 aliphatic carbocycles. The fourth-order valence-electron chi connectivity index (χ4n) is 2.74. The highest BCUT2D eigenvalue weighted by molar-refractivity contribution is 5.66. The zero-order valence-electron chi connectivity index (χ0n) is 12.5. The maximum atomic E-state index is 4.86. The number of aromatic nitrogens is 3. The number of hydrogen-bond acceptors (Lipinski definition) is 3.